The number of aryl methyl sites for hydroxylation is 1. The molecule has 138 valence electrons. The summed E-state index contributed by atoms with van der Waals surface area (Å²) in [6.07, 6.45) is 3.71. The van der Waals surface area contributed by atoms with Crippen LogP contribution in [0.5, 0.6) is 5.75 Å². The van der Waals surface area contributed by atoms with Gasteiger partial charge in [-0.1, -0.05) is 12.1 Å². The van der Waals surface area contributed by atoms with Crippen LogP contribution in [0.25, 0.3) is 0 Å². The van der Waals surface area contributed by atoms with E-state index in [-0.39, 0.29) is 36.4 Å². The summed E-state index contributed by atoms with van der Waals surface area (Å²) >= 11 is 0. The largest absolute Gasteiger partial charge is 0.486 e. The number of carbonyl (C=O) groups excluding carboxylic acids is 1. The van der Waals surface area contributed by atoms with Crippen LogP contribution < -0.4 is 10.1 Å². The molecule has 1 N–H and O–H groups in total. The molecule has 0 spiro atoms. The van der Waals surface area contributed by atoms with Crippen LogP contribution in [-0.2, 0) is 11.8 Å². The van der Waals surface area contributed by atoms with Gasteiger partial charge >= 0.3 is 5.69 Å². The Morgan fingerprint density at radius 2 is 2.27 bits per heavy atom. The van der Waals surface area contributed by atoms with Crippen molar-refractivity contribution < 1.29 is 14.5 Å². The summed E-state index contributed by atoms with van der Waals surface area (Å²) in [5.41, 5.74) is -0.104. The molecule has 1 unspecified atom stereocenters. The van der Waals surface area contributed by atoms with E-state index in [1.807, 2.05) is 17.8 Å². The van der Waals surface area contributed by atoms with Crippen LogP contribution in [0.3, 0.4) is 0 Å². The fraction of sp³-hybridized carbons (Fsp3) is 0.412. The van der Waals surface area contributed by atoms with Gasteiger partial charge < -0.3 is 19.5 Å². The molecule has 1 amide bonds. The Morgan fingerprint density at radius 3 is 3.00 bits per heavy atom. The van der Waals surface area contributed by atoms with Crippen LogP contribution in [0.2, 0.25) is 0 Å². The van der Waals surface area contributed by atoms with E-state index >= 15 is 0 Å². The van der Waals surface area contributed by atoms with Gasteiger partial charge in [0.05, 0.1) is 18.0 Å². The van der Waals surface area contributed by atoms with Crippen LogP contribution in [0.1, 0.15) is 18.3 Å². The number of piperazine rings is 1. The predicted molar refractivity (Wildman–Crippen MR) is 93.7 cm³/mol. The Labute approximate surface area is 150 Å². The van der Waals surface area contributed by atoms with Crippen LogP contribution in [0.4, 0.5) is 5.69 Å². The highest BCUT2D eigenvalue weighted by molar-refractivity contribution is 5.77. The Hall–Kier alpha value is -2.94. The summed E-state index contributed by atoms with van der Waals surface area (Å²) < 4.78 is 7.39. The minimum atomic E-state index is -0.495. The summed E-state index contributed by atoms with van der Waals surface area (Å²) in [6.45, 7) is 2.03. The molecule has 0 radical (unpaired) electrons. The van der Waals surface area contributed by atoms with E-state index in [2.05, 4.69) is 10.3 Å². The average molecular weight is 359 g/mol. The third-order valence-corrected chi connectivity index (χ3v) is 4.36. The molecule has 1 aliphatic heterocycles. The summed E-state index contributed by atoms with van der Waals surface area (Å²) in [6, 6.07) is 6.02. The molecule has 1 atom stereocenters. The Morgan fingerprint density at radius 1 is 1.46 bits per heavy atom. The van der Waals surface area contributed by atoms with Crippen molar-refractivity contribution in [2.45, 2.75) is 12.5 Å². The first kappa shape index (κ1) is 17.9. The first-order chi connectivity index (χ1) is 12.6. The van der Waals surface area contributed by atoms with E-state index in [1.165, 1.54) is 12.1 Å². The van der Waals surface area contributed by atoms with E-state index < -0.39 is 4.92 Å². The molecule has 2 aromatic rings. The number of nitrogens with zero attached hydrogens (tertiary/aromatic N) is 4. The van der Waals surface area contributed by atoms with E-state index in [4.69, 9.17) is 4.74 Å². The number of nitro benzene ring substituents is 1. The van der Waals surface area contributed by atoms with Gasteiger partial charge in [0.1, 0.15) is 11.9 Å². The fourth-order valence-corrected chi connectivity index (χ4v) is 3.05. The normalized spacial score (nSPS) is 17.1. The Bertz CT molecular complexity index is 791. The van der Waals surface area contributed by atoms with Gasteiger partial charge in [-0.3, -0.25) is 14.9 Å². The van der Waals surface area contributed by atoms with Gasteiger partial charge in [-0.2, -0.15) is 0 Å². The van der Waals surface area contributed by atoms with Gasteiger partial charge in [0, 0.05) is 45.1 Å². The molecule has 1 saturated heterocycles. The van der Waals surface area contributed by atoms with Gasteiger partial charge in [0.2, 0.25) is 5.91 Å². The SMILES string of the molecule is Cn1ccnc1C1CNCCN1C(=O)CCOc1ccccc1[N+](=O)[O-]. The predicted octanol–water partition coefficient (Wildman–Crippen LogP) is 1.27. The van der Waals surface area contributed by atoms with Crippen molar-refractivity contribution in [2.24, 2.45) is 7.05 Å². The zero-order valence-electron chi connectivity index (χ0n) is 14.5. The average Bonchev–Trinajstić information content (AvgIpc) is 3.07. The third kappa shape index (κ3) is 3.83. The second kappa shape index (κ2) is 7.96. The number of hydrogen-bond donors (Lipinski definition) is 1. The van der Waals surface area contributed by atoms with Crippen LogP contribution in [-0.4, -0.2) is 51.5 Å². The van der Waals surface area contributed by atoms with Crippen molar-refractivity contribution in [3.05, 3.63) is 52.6 Å². The first-order valence-corrected chi connectivity index (χ1v) is 8.41. The maximum Gasteiger partial charge on any atom is 0.310 e. The monoisotopic (exact) mass is 359 g/mol. The summed E-state index contributed by atoms with van der Waals surface area (Å²) in [4.78, 5) is 29.3. The zero-order valence-corrected chi connectivity index (χ0v) is 14.5. The topological polar surface area (TPSA) is 103 Å². The summed E-state index contributed by atoms with van der Waals surface area (Å²) in [7, 11) is 1.90. The number of nitrogens with one attached hydrogen (secondary N) is 1. The van der Waals surface area contributed by atoms with Gasteiger partial charge in [-0.05, 0) is 6.07 Å². The molecule has 9 nitrogen and oxygen atoms in total. The van der Waals surface area contributed by atoms with E-state index in [1.54, 1.807) is 23.2 Å². The van der Waals surface area contributed by atoms with Crippen molar-refractivity contribution in [1.82, 2.24) is 19.8 Å². The lowest BCUT2D eigenvalue weighted by Gasteiger charge is -2.35. The maximum atomic E-state index is 12.7. The van der Waals surface area contributed by atoms with Crippen molar-refractivity contribution in [3.63, 3.8) is 0 Å². The highest BCUT2D eigenvalue weighted by Crippen LogP contribution is 2.26. The molecule has 1 aromatic carbocycles. The number of hydrogen-bond acceptors (Lipinski definition) is 6. The van der Waals surface area contributed by atoms with E-state index in [0.29, 0.717) is 13.1 Å². The molecule has 2 heterocycles. The second-order valence-electron chi connectivity index (χ2n) is 6.03. The molecule has 0 aliphatic carbocycles. The molecule has 0 saturated carbocycles. The number of para-hydroxylation sites is 2. The zero-order chi connectivity index (χ0) is 18.5. The van der Waals surface area contributed by atoms with Crippen molar-refractivity contribution in [1.29, 1.82) is 0 Å². The maximum absolute atomic E-state index is 12.7. The van der Waals surface area contributed by atoms with Crippen molar-refractivity contribution >= 4 is 11.6 Å². The number of carbonyl (C=O) groups is 1. The van der Waals surface area contributed by atoms with E-state index in [9.17, 15) is 14.9 Å². The van der Waals surface area contributed by atoms with E-state index in [0.717, 1.165) is 12.4 Å². The molecule has 9 heteroatoms. The van der Waals surface area contributed by atoms with Gasteiger partial charge in [0.25, 0.3) is 0 Å². The standard InChI is InChI=1S/C17H21N5O4/c1-20-9-8-19-17(20)14-12-18-7-10-21(14)16(23)6-11-26-15-5-3-2-4-13(15)22(24)25/h2-5,8-9,14,18H,6-7,10-12H2,1H3. The molecule has 1 fully saturated rings. The first-order valence-electron chi connectivity index (χ1n) is 8.41. The summed E-state index contributed by atoms with van der Waals surface area (Å²) in [5.74, 6) is 0.939. The number of nitro groups is 1. The van der Waals surface area contributed by atoms with Crippen LogP contribution in [0, 0.1) is 10.1 Å². The lowest BCUT2D eigenvalue weighted by atomic mass is 10.1. The lowest BCUT2D eigenvalue weighted by Crippen LogP contribution is -2.49. The molecule has 1 aromatic heterocycles. The van der Waals surface area contributed by atoms with Crippen molar-refractivity contribution in [3.8, 4) is 5.75 Å². The van der Waals surface area contributed by atoms with Gasteiger partial charge in [-0.15, -0.1) is 0 Å². The third-order valence-electron chi connectivity index (χ3n) is 4.36. The highest BCUT2D eigenvalue weighted by Gasteiger charge is 2.30. The number of imidazole rings is 1. The van der Waals surface area contributed by atoms with Crippen LogP contribution in [0.15, 0.2) is 36.7 Å². The highest BCUT2D eigenvalue weighted by atomic mass is 16.6. The molecule has 1 aliphatic rings. The van der Waals surface area contributed by atoms with Crippen LogP contribution >= 0.6 is 0 Å². The Kier molecular flexibility index (Phi) is 5.47. The fourth-order valence-electron chi connectivity index (χ4n) is 3.05. The molecular weight excluding hydrogens is 338 g/mol. The number of amides is 1. The second-order valence-corrected chi connectivity index (χ2v) is 6.03. The molecule has 0 bridgehead atoms. The van der Waals surface area contributed by atoms with Gasteiger partial charge in [0.15, 0.2) is 5.75 Å². The Balaban J connectivity index is 1.62. The lowest BCUT2D eigenvalue weighted by molar-refractivity contribution is -0.385. The minimum absolute atomic E-state index is 0.0573. The molecule has 3 rings (SSSR count). The number of aromatic nitrogens is 2. The minimum Gasteiger partial charge on any atom is -0.486 e. The number of benzene rings is 1. The molecular formula is C17H21N5O4. The van der Waals surface area contributed by atoms with Gasteiger partial charge in [-0.25, -0.2) is 4.98 Å². The van der Waals surface area contributed by atoms with Crippen molar-refractivity contribution in [2.75, 3.05) is 26.2 Å². The smallest absolute Gasteiger partial charge is 0.310 e. The number of ether oxygens (including phenoxy) is 1. The summed E-state index contributed by atoms with van der Waals surface area (Å²) in [5, 5.41) is 14.3. The molecule has 26 heavy (non-hydrogen) atoms. The quantitative estimate of drug-likeness (QED) is 0.615. The number of rotatable bonds is 6.